The number of benzene rings is 3. The van der Waals surface area contributed by atoms with E-state index in [2.05, 4.69) is 77.9 Å². The number of fused-ring (bicyclic) bond motifs is 1. The van der Waals surface area contributed by atoms with Crippen LogP contribution in [0.1, 0.15) is 54.2 Å². The van der Waals surface area contributed by atoms with Crippen molar-refractivity contribution < 1.29 is 0 Å². The fourth-order valence-corrected chi connectivity index (χ4v) is 5.26. The van der Waals surface area contributed by atoms with Crippen molar-refractivity contribution in [2.24, 2.45) is 0 Å². The van der Waals surface area contributed by atoms with E-state index in [0.29, 0.717) is 11.9 Å². The monoisotopic (exact) mass is 456 g/mol. The number of hydrogen-bond donors (Lipinski definition) is 0. The molecular formula is C29H32N2OS. The first-order valence-electron chi connectivity index (χ1n) is 11.4. The minimum atomic E-state index is 0.0141. The number of thioether (sulfide) groups is 1. The van der Waals surface area contributed by atoms with Crippen LogP contribution in [0.2, 0.25) is 0 Å². The van der Waals surface area contributed by atoms with E-state index in [0.717, 1.165) is 22.0 Å². The molecule has 0 saturated carbocycles. The largest absolute Gasteiger partial charge is 0.283 e. The van der Waals surface area contributed by atoms with Gasteiger partial charge in [0.05, 0.1) is 17.4 Å². The fraction of sp³-hybridized carbons (Fsp3) is 0.310. The number of aryl methyl sites for hydroxylation is 3. The Kier molecular flexibility index (Phi) is 6.49. The Balaban J connectivity index is 1.73. The molecule has 0 aliphatic rings. The molecule has 1 aromatic heterocycles. The number of para-hydroxylation sites is 1. The molecule has 170 valence electrons. The Morgan fingerprint density at radius 1 is 0.909 bits per heavy atom. The number of rotatable bonds is 5. The summed E-state index contributed by atoms with van der Waals surface area (Å²) in [5, 5.41) is 1.42. The van der Waals surface area contributed by atoms with Gasteiger partial charge in [-0.15, -0.1) is 0 Å². The summed E-state index contributed by atoms with van der Waals surface area (Å²) in [5.41, 5.74) is 8.45. The summed E-state index contributed by atoms with van der Waals surface area (Å²) in [6.45, 7) is 13.7. The van der Waals surface area contributed by atoms with Gasteiger partial charge >= 0.3 is 0 Å². The third kappa shape index (κ3) is 5.06. The predicted molar refractivity (Wildman–Crippen MR) is 140 cm³/mol. The van der Waals surface area contributed by atoms with E-state index < -0.39 is 0 Å². The van der Waals surface area contributed by atoms with Crippen molar-refractivity contribution in [3.63, 3.8) is 0 Å². The molecule has 0 aliphatic carbocycles. The molecule has 0 atom stereocenters. The Bertz CT molecular complexity index is 1340. The highest BCUT2D eigenvalue weighted by Gasteiger charge is 2.18. The number of hydrogen-bond acceptors (Lipinski definition) is 3. The van der Waals surface area contributed by atoms with Gasteiger partial charge in [0, 0.05) is 5.75 Å². The highest BCUT2D eigenvalue weighted by molar-refractivity contribution is 7.98. The van der Waals surface area contributed by atoms with Gasteiger partial charge in [0.2, 0.25) is 0 Å². The van der Waals surface area contributed by atoms with E-state index in [9.17, 15) is 4.79 Å². The first-order chi connectivity index (χ1) is 15.6. The molecule has 0 fully saturated rings. The summed E-state index contributed by atoms with van der Waals surface area (Å²) in [5.74, 6) is 0.779. The van der Waals surface area contributed by atoms with Crippen LogP contribution in [-0.2, 0) is 17.7 Å². The smallest absolute Gasteiger partial charge is 0.262 e. The van der Waals surface area contributed by atoms with Gasteiger partial charge in [-0.1, -0.05) is 86.6 Å². The SMILES string of the molecule is Cc1ccc(Cn2c(SCc3c(C)cc(C(C)(C)C)cc3C)nc3ccccc3c2=O)cc1. The summed E-state index contributed by atoms with van der Waals surface area (Å²) < 4.78 is 1.83. The number of nitrogens with zero attached hydrogens (tertiary/aromatic N) is 2. The standard InChI is InChI=1S/C29H32N2OS/c1-19-11-13-22(14-12-19)17-31-27(32)24-9-7-8-10-26(24)30-28(31)33-18-25-20(2)15-23(16-21(25)3)29(4,5)6/h7-16H,17-18H2,1-6H3. The summed E-state index contributed by atoms with van der Waals surface area (Å²) >= 11 is 1.65. The molecule has 0 N–H and O–H groups in total. The van der Waals surface area contributed by atoms with Crippen molar-refractivity contribution in [3.8, 4) is 0 Å². The van der Waals surface area contributed by atoms with Crippen LogP contribution in [0.4, 0.5) is 0 Å². The van der Waals surface area contributed by atoms with E-state index >= 15 is 0 Å². The molecule has 1 heterocycles. The van der Waals surface area contributed by atoms with Crippen molar-refractivity contribution in [2.75, 3.05) is 0 Å². The predicted octanol–water partition coefficient (Wildman–Crippen LogP) is 6.96. The zero-order valence-corrected chi connectivity index (χ0v) is 21.2. The zero-order chi connectivity index (χ0) is 23.8. The first-order valence-corrected chi connectivity index (χ1v) is 12.4. The average molecular weight is 457 g/mol. The molecule has 0 aliphatic heterocycles. The molecule has 0 unspecified atom stereocenters. The van der Waals surface area contributed by atoms with Crippen LogP contribution < -0.4 is 5.56 Å². The van der Waals surface area contributed by atoms with Gasteiger partial charge in [0.1, 0.15) is 0 Å². The van der Waals surface area contributed by atoms with E-state index in [-0.39, 0.29) is 11.0 Å². The van der Waals surface area contributed by atoms with Gasteiger partial charge < -0.3 is 0 Å². The second-order valence-corrected chi connectivity index (χ2v) is 10.9. The molecule has 0 amide bonds. The number of aromatic nitrogens is 2. The molecule has 0 bridgehead atoms. The molecule has 0 saturated heterocycles. The third-order valence-electron chi connectivity index (χ3n) is 6.20. The second-order valence-electron chi connectivity index (χ2n) is 9.92. The molecule has 3 aromatic carbocycles. The van der Waals surface area contributed by atoms with Crippen LogP contribution in [0, 0.1) is 20.8 Å². The van der Waals surface area contributed by atoms with Crippen molar-refractivity contribution in [1.82, 2.24) is 9.55 Å². The van der Waals surface area contributed by atoms with Crippen molar-refractivity contribution in [3.05, 3.63) is 104 Å². The van der Waals surface area contributed by atoms with E-state index in [1.54, 1.807) is 11.8 Å². The molecule has 4 aromatic rings. The van der Waals surface area contributed by atoms with Gasteiger partial charge in [-0.3, -0.25) is 9.36 Å². The maximum atomic E-state index is 13.4. The van der Waals surface area contributed by atoms with Crippen LogP contribution in [0.3, 0.4) is 0 Å². The highest BCUT2D eigenvalue weighted by Crippen LogP contribution is 2.31. The molecule has 4 rings (SSSR count). The third-order valence-corrected chi connectivity index (χ3v) is 7.20. The highest BCUT2D eigenvalue weighted by atomic mass is 32.2. The van der Waals surface area contributed by atoms with Gasteiger partial charge in [0.25, 0.3) is 5.56 Å². The minimum absolute atomic E-state index is 0.0141. The van der Waals surface area contributed by atoms with E-state index in [4.69, 9.17) is 4.98 Å². The van der Waals surface area contributed by atoms with Crippen LogP contribution >= 0.6 is 11.8 Å². The summed E-state index contributed by atoms with van der Waals surface area (Å²) in [7, 11) is 0. The molecule has 0 spiro atoms. The van der Waals surface area contributed by atoms with Crippen molar-refractivity contribution in [2.45, 2.75) is 64.4 Å². The van der Waals surface area contributed by atoms with E-state index in [1.165, 1.54) is 27.8 Å². The van der Waals surface area contributed by atoms with Crippen LogP contribution in [0.5, 0.6) is 0 Å². The lowest BCUT2D eigenvalue weighted by Crippen LogP contribution is -2.24. The lowest BCUT2D eigenvalue weighted by atomic mass is 9.84. The van der Waals surface area contributed by atoms with Gasteiger partial charge in [-0.2, -0.15) is 0 Å². The molecular weight excluding hydrogens is 424 g/mol. The average Bonchev–Trinajstić information content (AvgIpc) is 2.76. The van der Waals surface area contributed by atoms with Crippen molar-refractivity contribution >= 4 is 22.7 Å². The van der Waals surface area contributed by atoms with Crippen LogP contribution in [-0.4, -0.2) is 9.55 Å². The Labute approximate surface area is 200 Å². The molecule has 0 radical (unpaired) electrons. The Morgan fingerprint density at radius 2 is 1.55 bits per heavy atom. The molecule has 33 heavy (non-hydrogen) atoms. The van der Waals surface area contributed by atoms with Gasteiger partial charge in [-0.25, -0.2) is 4.98 Å². The van der Waals surface area contributed by atoms with Crippen LogP contribution in [0.25, 0.3) is 10.9 Å². The second kappa shape index (κ2) is 9.18. The maximum absolute atomic E-state index is 13.4. The summed E-state index contributed by atoms with van der Waals surface area (Å²) in [6, 6.07) is 20.6. The van der Waals surface area contributed by atoms with Crippen molar-refractivity contribution in [1.29, 1.82) is 0 Å². The Hall–Kier alpha value is -2.85. The van der Waals surface area contributed by atoms with Gasteiger partial charge in [0.15, 0.2) is 5.16 Å². The first kappa shape index (κ1) is 23.3. The van der Waals surface area contributed by atoms with Crippen LogP contribution in [0.15, 0.2) is 70.6 Å². The zero-order valence-electron chi connectivity index (χ0n) is 20.4. The molecule has 4 heteroatoms. The lowest BCUT2D eigenvalue weighted by Gasteiger charge is -2.22. The topological polar surface area (TPSA) is 34.9 Å². The summed E-state index contributed by atoms with van der Waals surface area (Å²) in [6.07, 6.45) is 0. The van der Waals surface area contributed by atoms with Gasteiger partial charge in [-0.05, 0) is 66.1 Å². The lowest BCUT2D eigenvalue weighted by molar-refractivity contribution is 0.589. The minimum Gasteiger partial charge on any atom is -0.283 e. The van der Waals surface area contributed by atoms with E-state index in [1.807, 2.05) is 28.8 Å². The summed E-state index contributed by atoms with van der Waals surface area (Å²) in [4.78, 5) is 18.3. The quantitative estimate of drug-likeness (QED) is 0.240. The maximum Gasteiger partial charge on any atom is 0.262 e. The Morgan fingerprint density at radius 3 is 2.18 bits per heavy atom. The fourth-order valence-electron chi connectivity index (χ4n) is 4.06. The molecule has 3 nitrogen and oxygen atoms in total. The normalized spacial score (nSPS) is 11.8.